The Hall–Kier alpha value is -1.80. The lowest BCUT2D eigenvalue weighted by atomic mass is 10.1. The van der Waals surface area contributed by atoms with Crippen LogP contribution in [0.25, 0.3) is 0 Å². The fourth-order valence-corrected chi connectivity index (χ4v) is 2.04. The standard InChI is InChI=1S/C17H21NO/c1-3-18-14(2)16-10-7-11-17(12-16)19-13-15-8-5-4-6-9-15/h4-12,14,18H,3,13H2,1-2H3. The van der Waals surface area contributed by atoms with E-state index in [0.29, 0.717) is 12.6 Å². The van der Waals surface area contributed by atoms with Gasteiger partial charge in [-0.3, -0.25) is 0 Å². The van der Waals surface area contributed by atoms with Crippen molar-refractivity contribution < 1.29 is 4.74 Å². The first-order valence-corrected chi connectivity index (χ1v) is 6.79. The van der Waals surface area contributed by atoms with Crippen LogP contribution in [-0.2, 0) is 6.61 Å². The molecule has 1 atom stereocenters. The number of hydrogen-bond acceptors (Lipinski definition) is 2. The van der Waals surface area contributed by atoms with E-state index in [9.17, 15) is 0 Å². The van der Waals surface area contributed by atoms with Crippen LogP contribution < -0.4 is 10.1 Å². The third kappa shape index (κ3) is 4.11. The highest BCUT2D eigenvalue weighted by Gasteiger charge is 2.04. The molecule has 0 aliphatic rings. The molecule has 2 rings (SSSR count). The maximum absolute atomic E-state index is 5.83. The first kappa shape index (κ1) is 13.6. The molecule has 1 N–H and O–H groups in total. The zero-order chi connectivity index (χ0) is 13.5. The van der Waals surface area contributed by atoms with Crippen molar-refractivity contribution >= 4 is 0 Å². The summed E-state index contributed by atoms with van der Waals surface area (Å²) in [5.74, 6) is 0.922. The summed E-state index contributed by atoms with van der Waals surface area (Å²) >= 11 is 0. The highest BCUT2D eigenvalue weighted by Crippen LogP contribution is 2.19. The SMILES string of the molecule is CCNC(C)c1cccc(OCc2ccccc2)c1. The molecule has 0 bridgehead atoms. The number of nitrogens with one attached hydrogen (secondary N) is 1. The van der Waals surface area contributed by atoms with Gasteiger partial charge in [0.2, 0.25) is 0 Å². The number of ether oxygens (including phenoxy) is 1. The zero-order valence-corrected chi connectivity index (χ0v) is 11.6. The van der Waals surface area contributed by atoms with Gasteiger partial charge in [0.15, 0.2) is 0 Å². The fourth-order valence-electron chi connectivity index (χ4n) is 2.04. The first-order chi connectivity index (χ1) is 9.29. The molecule has 0 fully saturated rings. The molecule has 0 saturated carbocycles. The van der Waals surface area contributed by atoms with Crippen LogP contribution in [0.4, 0.5) is 0 Å². The Morgan fingerprint density at radius 3 is 2.58 bits per heavy atom. The molecule has 0 aromatic heterocycles. The van der Waals surface area contributed by atoms with Gasteiger partial charge in [0.1, 0.15) is 12.4 Å². The highest BCUT2D eigenvalue weighted by atomic mass is 16.5. The molecular weight excluding hydrogens is 234 g/mol. The zero-order valence-electron chi connectivity index (χ0n) is 11.6. The second kappa shape index (κ2) is 6.95. The van der Waals surface area contributed by atoms with Gasteiger partial charge in [-0.25, -0.2) is 0 Å². The summed E-state index contributed by atoms with van der Waals surface area (Å²) in [5.41, 5.74) is 2.44. The summed E-state index contributed by atoms with van der Waals surface area (Å²) in [6.45, 7) is 5.86. The summed E-state index contributed by atoms with van der Waals surface area (Å²) in [4.78, 5) is 0. The minimum absolute atomic E-state index is 0.352. The Morgan fingerprint density at radius 1 is 1.05 bits per heavy atom. The summed E-state index contributed by atoms with van der Waals surface area (Å²) in [5, 5.41) is 3.41. The summed E-state index contributed by atoms with van der Waals surface area (Å²) < 4.78 is 5.83. The molecule has 2 aromatic carbocycles. The lowest BCUT2D eigenvalue weighted by Crippen LogP contribution is -2.17. The van der Waals surface area contributed by atoms with Crippen molar-refractivity contribution in [1.82, 2.24) is 5.32 Å². The summed E-state index contributed by atoms with van der Waals surface area (Å²) in [6.07, 6.45) is 0. The van der Waals surface area contributed by atoms with Crippen molar-refractivity contribution in [2.45, 2.75) is 26.5 Å². The molecule has 0 radical (unpaired) electrons. The van der Waals surface area contributed by atoms with E-state index >= 15 is 0 Å². The van der Waals surface area contributed by atoms with Gasteiger partial charge in [0, 0.05) is 6.04 Å². The second-order valence-electron chi connectivity index (χ2n) is 4.63. The molecule has 2 aromatic rings. The normalized spacial score (nSPS) is 12.1. The van der Waals surface area contributed by atoms with E-state index in [1.54, 1.807) is 0 Å². The van der Waals surface area contributed by atoms with E-state index in [4.69, 9.17) is 4.74 Å². The molecule has 100 valence electrons. The topological polar surface area (TPSA) is 21.3 Å². The predicted octanol–water partition coefficient (Wildman–Crippen LogP) is 3.94. The van der Waals surface area contributed by atoms with Crippen LogP contribution in [0.5, 0.6) is 5.75 Å². The first-order valence-electron chi connectivity index (χ1n) is 6.79. The molecule has 2 nitrogen and oxygen atoms in total. The Morgan fingerprint density at radius 2 is 1.84 bits per heavy atom. The van der Waals surface area contributed by atoms with Crippen LogP contribution in [0.1, 0.15) is 31.0 Å². The molecule has 0 aliphatic carbocycles. The maximum Gasteiger partial charge on any atom is 0.120 e. The Kier molecular flexibility index (Phi) is 4.99. The lowest BCUT2D eigenvalue weighted by Gasteiger charge is -2.14. The molecule has 0 amide bonds. The van der Waals surface area contributed by atoms with Crippen LogP contribution in [0, 0.1) is 0 Å². The second-order valence-corrected chi connectivity index (χ2v) is 4.63. The summed E-state index contributed by atoms with van der Waals surface area (Å²) in [6, 6.07) is 18.9. The average Bonchev–Trinajstić information content (AvgIpc) is 2.47. The minimum atomic E-state index is 0.352. The Labute approximate surface area is 115 Å². The van der Waals surface area contributed by atoms with Crippen molar-refractivity contribution in [3.63, 3.8) is 0 Å². The number of benzene rings is 2. The quantitative estimate of drug-likeness (QED) is 0.844. The molecular formula is C17H21NO. The number of hydrogen-bond donors (Lipinski definition) is 1. The molecule has 0 saturated heterocycles. The smallest absolute Gasteiger partial charge is 0.120 e. The van der Waals surface area contributed by atoms with E-state index in [1.165, 1.54) is 11.1 Å². The van der Waals surface area contributed by atoms with E-state index in [-0.39, 0.29) is 0 Å². The van der Waals surface area contributed by atoms with Crippen molar-refractivity contribution in [2.75, 3.05) is 6.54 Å². The Bertz CT molecular complexity index is 496. The molecule has 0 spiro atoms. The molecule has 2 heteroatoms. The molecule has 1 unspecified atom stereocenters. The van der Waals surface area contributed by atoms with Crippen molar-refractivity contribution in [2.24, 2.45) is 0 Å². The van der Waals surface area contributed by atoms with Gasteiger partial charge in [-0.05, 0) is 36.7 Å². The van der Waals surface area contributed by atoms with Crippen LogP contribution >= 0.6 is 0 Å². The fraction of sp³-hybridized carbons (Fsp3) is 0.294. The van der Waals surface area contributed by atoms with Crippen LogP contribution in [-0.4, -0.2) is 6.54 Å². The van der Waals surface area contributed by atoms with Gasteiger partial charge in [-0.1, -0.05) is 49.4 Å². The van der Waals surface area contributed by atoms with Crippen LogP contribution in [0.3, 0.4) is 0 Å². The third-order valence-corrected chi connectivity index (χ3v) is 3.12. The summed E-state index contributed by atoms with van der Waals surface area (Å²) in [7, 11) is 0. The van der Waals surface area contributed by atoms with E-state index in [1.807, 2.05) is 30.3 Å². The van der Waals surface area contributed by atoms with Crippen LogP contribution in [0.2, 0.25) is 0 Å². The molecule has 19 heavy (non-hydrogen) atoms. The van der Waals surface area contributed by atoms with E-state index in [0.717, 1.165) is 12.3 Å². The van der Waals surface area contributed by atoms with Gasteiger partial charge in [-0.15, -0.1) is 0 Å². The van der Waals surface area contributed by atoms with E-state index in [2.05, 4.69) is 43.4 Å². The minimum Gasteiger partial charge on any atom is -0.489 e. The van der Waals surface area contributed by atoms with Gasteiger partial charge in [0.25, 0.3) is 0 Å². The molecule has 0 aliphatic heterocycles. The third-order valence-electron chi connectivity index (χ3n) is 3.12. The van der Waals surface area contributed by atoms with Gasteiger partial charge in [0.05, 0.1) is 0 Å². The Balaban J connectivity index is 1.99. The van der Waals surface area contributed by atoms with E-state index < -0.39 is 0 Å². The van der Waals surface area contributed by atoms with Crippen molar-refractivity contribution in [3.05, 3.63) is 65.7 Å². The van der Waals surface area contributed by atoms with Gasteiger partial charge >= 0.3 is 0 Å². The number of rotatable bonds is 6. The van der Waals surface area contributed by atoms with Gasteiger partial charge < -0.3 is 10.1 Å². The maximum atomic E-state index is 5.83. The highest BCUT2D eigenvalue weighted by molar-refractivity contribution is 5.30. The van der Waals surface area contributed by atoms with Crippen molar-refractivity contribution in [3.8, 4) is 5.75 Å². The largest absolute Gasteiger partial charge is 0.489 e. The monoisotopic (exact) mass is 255 g/mol. The van der Waals surface area contributed by atoms with Crippen LogP contribution in [0.15, 0.2) is 54.6 Å². The van der Waals surface area contributed by atoms with Crippen molar-refractivity contribution in [1.29, 1.82) is 0 Å². The molecule has 0 heterocycles. The average molecular weight is 255 g/mol. The lowest BCUT2D eigenvalue weighted by molar-refractivity contribution is 0.305. The predicted molar refractivity (Wildman–Crippen MR) is 79.3 cm³/mol. The van der Waals surface area contributed by atoms with Gasteiger partial charge in [-0.2, -0.15) is 0 Å².